The molecule has 5 aliphatic rings. The van der Waals surface area contributed by atoms with Crippen LogP contribution in [0.3, 0.4) is 0 Å². The zero-order valence-electron chi connectivity index (χ0n) is 14.8. The van der Waals surface area contributed by atoms with E-state index in [1.165, 1.54) is 30.8 Å². The molecule has 0 radical (unpaired) electrons. The van der Waals surface area contributed by atoms with Gasteiger partial charge in [0.25, 0.3) is 5.91 Å². The van der Waals surface area contributed by atoms with E-state index in [0.717, 1.165) is 17.1 Å². The summed E-state index contributed by atoms with van der Waals surface area (Å²) < 4.78 is 0. The van der Waals surface area contributed by atoms with Gasteiger partial charge in [-0.3, -0.25) is 4.79 Å². The Morgan fingerprint density at radius 3 is 2.85 bits per heavy atom. The predicted octanol–water partition coefficient (Wildman–Crippen LogP) is 1.55. The smallest absolute Gasteiger partial charge is 0.265 e. The van der Waals surface area contributed by atoms with Crippen molar-refractivity contribution in [2.45, 2.75) is 25.8 Å². The maximum Gasteiger partial charge on any atom is 0.265 e. The molecule has 0 saturated carbocycles. The van der Waals surface area contributed by atoms with Crippen LogP contribution in [0.5, 0.6) is 0 Å². The normalized spacial score (nSPS) is 37.7. The van der Waals surface area contributed by atoms with Crippen LogP contribution >= 0.6 is 11.3 Å². The Labute approximate surface area is 156 Å². The van der Waals surface area contributed by atoms with Gasteiger partial charge in [-0.25, -0.2) is 4.98 Å². The second-order valence-corrected chi connectivity index (χ2v) is 9.08. The second kappa shape index (κ2) is 5.76. The summed E-state index contributed by atoms with van der Waals surface area (Å²) in [5.41, 5.74) is 10.1. The number of nitrogens with one attached hydrogen (secondary N) is 1. The highest BCUT2D eigenvalue weighted by molar-refractivity contribution is 7.12. The molecule has 26 heavy (non-hydrogen) atoms. The first kappa shape index (κ1) is 16.2. The molecule has 1 aromatic heterocycles. The van der Waals surface area contributed by atoms with Crippen LogP contribution in [-0.2, 0) is 4.79 Å². The Balaban J connectivity index is 1.56. The molecule has 5 heterocycles. The molecule has 3 N–H and O–H groups in total. The van der Waals surface area contributed by atoms with Gasteiger partial charge in [-0.05, 0) is 50.8 Å². The zero-order chi connectivity index (χ0) is 17.9. The number of fused-ring (bicyclic) bond motifs is 5. The standard InChI is InChI=1S/C19H23N5OS/c1-11-9-21-18(26-11)13-2-5-19(14-10-24-6-3-12(14)4-7-24)15(8-13)22-23-16(19)17(20)25/h2,5,8-9,12,14-15,22H,3-4,6-7,10H2,1H3,(H2,20,25)/t14-,15?,19?/m1/s1. The molecular formula is C19H23N5OS. The summed E-state index contributed by atoms with van der Waals surface area (Å²) in [6, 6.07) is -0.0419. The van der Waals surface area contributed by atoms with E-state index in [9.17, 15) is 4.79 Å². The van der Waals surface area contributed by atoms with Gasteiger partial charge in [0.05, 0.1) is 11.5 Å². The molecule has 1 aliphatic carbocycles. The van der Waals surface area contributed by atoms with E-state index in [2.05, 4.69) is 45.6 Å². The Kier molecular flexibility index (Phi) is 3.59. The third kappa shape index (κ3) is 2.23. The van der Waals surface area contributed by atoms with Gasteiger partial charge >= 0.3 is 0 Å². The first-order valence-corrected chi connectivity index (χ1v) is 10.1. The van der Waals surface area contributed by atoms with E-state index in [1.54, 1.807) is 11.3 Å². The molecule has 6 nitrogen and oxygen atoms in total. The molecule has 3 atom stereocenters. The van der Waals surface area contributed by atoms with Crippen LogP contribution in [0.2, 0.25) is 0 Å². The van der Waals surface area contributed by atoms with Crippen LogP contribution in [0.25, 0.3) is 5.57 Å². The molecule has 7 heteroatoms. The minimum atomic E-state index is -0.439. The zero-order valence-corrected chi connectivity index (χ0v) is 15.6. The second-order valence-electron chi connectivity index (χ2n) is 7.84. The van der Waals surface area contributed by atoms with Crippen LogP contribution in [-0.4, -0.2) is 47.2 Å². The number of carbonyl (C=O) groups excluding carboxylic acids is 1. The Morgan fingerprint density at radius 1 is 1.42 bits per heavy atom. The van der Waals surface area contributed by atoms with Crippen molar-refractivity contribution in [2.75, 3.05) is 19.6 Å². The fourth-order valence-corrected chi connectivity index (χ4v) is 6.01. The van der Waals surface area contributed by atoms with Gasteiger partial charge in [-0.15, -0.1) is 11.3 Å². The number of aryl methyl sites for hydroxylation is 1. The summed E-state index contributed by atoms with van der Waals surface area (Å²) in [7, 11) is 0. The number of hydrogen-bond acceptors (Lipinski definition) is 6. The van der Waals surface area contributed by atoms with E-state index < -0.39 is 11.3 Å². The molecule has 3 saturated heterocycles. The fraction of sp³-hybridized carbons (Fsp3) is 0.526. The van der Waals surface area contributed by atoms with Crippen molar-refractivity contribution in [3.63, 3.8) is 0 Å². The summed E-state index contributed by atoms with van der Waals surface area (Å²) >= 11 is 1.69. The number of amides is 1. The molecular weight excluding hydrogens is 346 g/mol. The number of thiazole rings is 1. The molecule has 6 rings (SSSR count). The SMILES string of the molecule is Cc1cnc(C2=CC3NN=C(C(N)=O)C3([C@@H]3CN4CCC3CC4)C=C2)s1. The topological polar surface area (TPSA) is 83.6 Å². The number of carbonyl (C=O) groups is 1. The minimum absolute atomic E-state index is 0.0419. The highest BCUT2D eigenvalue weighted by Crippen LogP contribution is 2.51. The first-order valence-electron chi connectivity index (χ1n) is 9.27. The van der Waals surface area contributed by atoms with E-state index in [0.29, 0.717) is 17.5 Å². The van der Waals surface area contributed by atoms with Crippen LogP contribution in [0.15, 0.2) is 29.5 Å². The highest BCUT2D eigenvalue weighted by atomic mass is 32.1. The van der Waals surface area contributed by atoms with E-state index in [4.69, 9.17) is 5.73 Å². The summed E-state index contributed by atoms with van der Waals surface area (Å²) in [6.07, 6.45) is 10.8. The lowest BCUT2D eigenvalue weighted by Crippen LogP contribution is -2.60. The fourth-order valence-electron chi connectivity index (χ4n) is 5.24. The van der Waals surface area contributed by atoms with Crippen LogP contribution < -0.4 is 11.2 Å². The largest absolute Gasteiger partial charge is 0.364 e. The van der Waals surface area contributed by atoms with Crippen molar-refractivity contribution in [1.29, 1.82) is 0 Å². The van der Waals surface area contributed by atoms with Crippen molar-refractivity contribution in [3.8, 4) is 0 Å². The van der Waals surface area contributed by atoms with Crippen molar-refractivity contribution < 1.29 is 4.79 Å². The van der Waals surface area contributed by atoms with Crippen molar-refractivity contribution in [2.24, 2.45) is 28.1 Å². The number of piperidine rings is 3. The third-order valence-electron chi connectivity index (χ3n) is 6.50. The molecule has 2 unspecified atom stereocenters. The van der Waals surface area contributed by atoms with Gasteiger partial charge in [-0.2, -0.15) is 5.10 Å². The summed E-state index contributed by atoms with van der Waals surface area (Å²) in [5.74, 6) is 0.569. The molecule has 136 valence electrons. The minimum Gasteiger partial charge on any atom is -0.364 e. The van der Waals surface area contributed by atoms with Gasteiger partial charge in [0.15, 0.2) is 0 Å². The highest BCUT2D eigenvalue weighted by Gasteiger charge is 2.57. The average molecular weight is 369 g/mol. The van der Waals surface area contributed by atoms with Crippen molar-refractivity contribution >= 4 is 28.5 Å². The number of hydrazone groups is 1. The predicted molar refractivity (Wildman–Crippen MR) is 103 cm³/mol. The maximum atomic E-state index is 12.2. The van der Waals surface area contributed by atoms with Gasteiger partial charge in [0, 0.05) is 23.2 Å². The molecule has 3 fully saturated rings. The summed E-state index contributed by atoms with van der Waals surface area (Å²) in [5, 5.41) is 5.41. The Hall–Kier alpha value is -1.99. The number of rotatable bonds is 3. The number of nitrogens with two attached hydrogens (primary N) is 1. The van der Waals surface area contributed by atoms with E-state index >= 15 is 0 Å². The Bertz CT molecular complexity index is 848. The Morgan fingerprint density at radius 2 is 2.23 bits per heavy atom. The monoisotopic (exact) mass is 369 g/mol. The number of allylic oxidation sites excluding steroid dienone is 2. The lowest BCUT2D eigenvalue weighted by Gasteiger charge is -2.52. The lowest BCUT2D eigenvalue weighted by atomic mass is 9.57. The molecule has 0 aromatic carbocycles. The molecule has 1 aromatic rings. The molecule has 0 spiro atoms. The lowest BCUT2D eigenvalue weighted by molar-refractivity contribution is -0.112. The van der Waals surface area contributed by atoms with Crippen LogP contribution in [0.4, 0.5) is 0 Å². The summed E-state index contributed by atoms with van der Waals surface area (Å²) in [4.78, 5) is 20.5. The summed E-state index contributed by atoms with van der Waals surface area (Å²) in [6.45, 7) is 5.41. The molecule has 4 aliphatic heterocycles. The maximum absolute atomic E-state index is 12.2. The number of primary amides is 1. The number of aromatic nitrogens is 1. The van der Waals surface area contributed by atoms with Gasteiger partial charge in [0.2, 0.25) is 0 Å². The van der Waals surface area contributed by atoms with Crippen LogP contribution in [0.1, 0.15) is 22.7 Å². The molecule has 1 amide bonds. The van der Waals surface area contributed by atoms with Gasteiger partial charge in [-0.1, -0.05) is 12.2 Å². The van der Waals surface area contributed by atoms with Crippen molar-refractivity contribution in [3.05, 3.63) is 34.3 Å². The van der Waals surface area contributed by atoms with E-state index in [1.807, 2.05) is 6.20 Å². The number of nitrogens with zero attached hydrogens (tertiary/aromatic N) is 3. The van der Waals surface area contributed by atoms with Gasteiger partial charge in [0.1, 0.15) is 10.7 Å². The molecule has 2 bridgehead atoms. The average Bonchev–Trinajstić information content (AvgIpc) is 3.26. The quantitative estimate of drug-likeness (QED) is 0.847. The van der Waals surface area contributed by atoms with Crippen LogP contribution in [0, 0.1) is 24.2 Å². The van der Waals surface area contributed by atoms with E-state index in [-0.39, 0.29) is 6.04 Å². The number of hydrogen-bond donors (Lipinski definition) is 2. The first-order chi connectivity index (χ1) is 12.6. The third-order valence-corrected chi connectivity index (χ3v) is 7.46. The van der Waals surface area contributed by atoms with Gasteiger partial charge < -0.3 is 16.1 Å². The van der Waals surface area contributed by atoms with Crippen molar-refractivity contribution in [1.82, 2.24) is 15.3 Å².